The van der Waals surface area contributed by atoms with Crippen LogP contribution in [0.3, 0.4) is 0 Å². The molecule has 0 bridgehead atoms. The summed E-state index contributed by atoms with van der Waals surface area (Å²) in [4.78, 5) is 32.1. The van der Waals surface area contributed by atoms with E-state index in [0.29, 0.717) is 23.8 Å². The number of carbonyl (C=O) groups excluding carboxylic acids is 2. The summed E-state index contributed by atoms with van der Waals surface area (Å²) in [5.74, 6) is 0.0493. The Morgan fingerprint density at radius 1 is 1.23 bits per heavy atom. The average Bonchev–Trinajstić information content (AvgIpc) is 3.41. The number of hydrogen-bond donors (Lipinski definition) is 1. The number of H-pyrrole nitrogens is 1. The number of hydrogen-bond acceptors (Lipinski definition) is 3. The average molecular weight is 351 g/mol. The van der Waals surface area contributed by atoms with Crippen molar-refractivity contribution in [2.75, 3.05) is 26.7 Å². The van der Waals surface area contributed by atoms with E-state index in [1.54, 1.807) is 12.3 Å². The van der Waals surface area contributed by atoms with E-state index in [-0.39, 0.29) is 11.7 Å². The third-order valence-electron chi connectivity index (χ3n) is 5.65. The minimum absolute atomic E-state index is 0.000347. The van der Waals surface area contributed by atoms with E-state index in [1.807, 2.05) is 11.9 Å². The van der Waals surface area contributed by atoms with Crippen LogP contribution in [-0.4, -0.2) is 53.2 Å². The number of carbonyl (C=O) groups is 2. The molecule has 5 heteroatoms. The minimum atomic E-state index is -0.000347. The molecule has 0 radical (unpaired) electrons. The lowest BCUT2D eigenvalue weighted by Gasteiger charge is -2.24. The standard InChI is InChI=1S/C21H25N3O2/c1-23(19-9-8-15-6-2-3-7-17(15)19)14-20(25)16-12-18(22-13-16)21(26)24-10-4-5-11-24/h2-3,6-7,12-13,19,22H,4-5,8-11,14H2,1H3. The smallest absolute Gasteiger partial charge is 0.270 e. The fourth-order valence-corrected chi connectivity index (χ4v) is 4.19. The van der Waals surface area contributed by atoms with E-state index in [1.165, 1.54) is 11.1 Å². The van der Waals surface area contributed by atoms with E-state index in [4.69, 9.17) is 0 Å². The quantitative estimate of drug-likeness (QED) is 0.843. The number of benzene rings is 1. The van der Waals surface area contributed by atoms with Crippen molar-refractivity contribution in [3.63, 3.8) is 0 Å². The number of nitrogens with one attached hydrogen (secondary N) is 1. The second-order valence-corrected chi connectivity index (χ2v) is 7.39. The predicted molar refractivity (Wildman–Crippen MR) is 100 cm³/mol. The molecule has 1 aliphatic heterocycles. The van der Waals surface area contributed by atoms with Gasteiger partial charge in [-0.2, -0.15) is 0 Å². The number of rotatable bonds is 5. The Labute approximate surface area is 154 Å². The number of aryl methyl sites for hydroxylation is 1. The summed E-state index contributed by atoms with van der Waals surface area (Å²) in [5.41, 5.74) is 3.83. The molecule has 1 atom stereocenters. The molecule has 1 amide bonds. The molecule has 1 fully saturated rings. The van der Waals surface area contributed by atoms with Crippen molar-refractivity contribution in [1.29, 1.82) is 0 Å². The SMILES string of the molecule is CN(CC(=O)c1c[nH]c(C(=O)N2CCCC2)c1)C1CCc2ccccc21. The van der Waals surface area contributed by atoms with Gasteiger partial charge in [0.05, 0.1) is 6.54 Å². The number of fused-ring (bicyclic) bond motifs is 1. The first kappa shape index (κ1) is 17.0. The second kappa shape index (κ2) is 7.08. The summed E-state index contributed by atoms with van der Waals surface area (Å²) < 4.78 is 0. The lowest BCUT2D eigenvalue weighted by atomic mass is 10.1. The normalized spacial score (nSPS) is 19.2. The number of Topliss-reactive ketones (excluding diaryl/α,β-unsaturated/α-hetero) is 1. The molecule has 0 spiro atoms. The zero-order valence-electron chi connectivity index (χ0n) is 15.2. The summed E-state index contributed by atoms with van der Waals surface area (Å²) in [7, 11) is 2.01. The number of nitrogens with zero attached hydrogens (tertiary/aromatic N) is 2. The largest absolute Gasteiger partial charge is 0.356 e. The van der Waals surface area contributed by atoms with Crippen LogP contribution in [0.1, 0.15) is 57.3 Å². The highest BCUT2D eigenvalue weighted by atomic mass is 16.2. The Morgan fingerprint density at radius 2 is 2.00 bits per heavy atom. The Balaban J connectivity index is 1.41. The Morgan fingerprint density at radius 3 is 2.81 bits per heavy atom. The fourth-order valence-electron chi connectivity index (χ4n) is 4.19. The van der Waals surface area contributed by atoms with E-state index < -0.39 is 0 Å². The number of aromatic nitrogens is 1. The monoisotopic (exact) mass is 351 g/mol. The third-order valence-corrected chi connectivity index (χ3v) is 5.65. The predicted octanol–water partition coefficient (Wildman–Crippen LogP) is 3.05. The van der Waals surface area contributed by atoms with Crippen molar-refractivity contribution < 1.29 is 9.59 Å². The number of amides is 1. The molecular weight excluding hydrogens is 326 g/mol. The second-order valence-electron chi connectivity index (χ2n) is 7.39. The summed E-state index contributed by atoms with van der Waals surface area (Å²) in [6.45, 7) is 1.98. The van der Waals surface area contributed by atoms with Crippen LogP contribution in [-0.2, 0) is 6.42 Å². The van der Waals surface area contributed by atoms with Gasteiger partial charge >= 0.3 is 0 Å². The molecule has 4 rings (SSSR count). The van der Waals surface area contributed by atoms with Crippen LogP contribution >= 0.6 is 0 Å². The first-order valence-corrected chi connectivity index (χ1v) is 9.42. The zero-order valence-corrected chi connectivity index (χ0v) is 15.2. The molecule has 1 saturated heterocycles. The lowest BCUT2D eigenvalue weighted by Crippen LogP contribution is -2.29. The highest BCUT2D eigenvalue weighted by Crippen LogP contribution is 2.34. The molecule has 1 unspecified atom stereocenters. The number of likely N-dealkylation sites (N-methyl/N-ethyl adjacent to an activating group) is 1. The van der Waals surface area contributed by atoms with Gasteiger partial charge in [0.2, 0.25) is 0 Å². The minimum Gasteiger partial charge on any atom is -0.356 e. The number of aromatic amines is 1. The maximum Gasteiger partial charge on any atom is 0.270 e. The molecule has 1 N–H and O–H groups in total. The number of ketones is 1. The molecule has 136 valence electrons. The topological polar surface area (TPSA) is 56.4 Å². The Bertz CT molecular complexity index is 820. The van der Waals surface area contributed by atoms with E-state index >= 15 is 0 Å². The Hall–Kier alpha value is -2.40. The van der Waals surface area contributed by atoms with Crippen LogP contribution in [0.4, 0.5) is 0 Å². The van der Waals surface area contributed by atoms with Gasteiger partial charge in [0.25, 0.3) is 5.91 Å². The van der Waals surface area contributed by atoms with Gasteiger partial charge in [0.15, 0.2) is 5.78 Å². The van der Waals surface area contributed by atoms with Crippen molar-refractivity contribution >= 4 is 11.7 Å². The van der Waals surface area contributed by atoms with Gasteiger partial charge in [0, 0.05) is 30.9 Å². The van der Waals surface area contributed by atoms with Crippen LogP contribution in [0.15, 0.2) is 36.5 Å². The van der Waals surface area contributed by atoms with Crippen molar-refractivity contribution in [3.05, 3.63) is 58.9 Å². The molecule has 5 nitrogen and oxygen atoms in total. The van der Waals surface area contributed by atoms with E-state index in [2.05, 4.69) is 34.1 Å². The van der Waals surface area contributed by atoms with Crippen molar-refractivity contribution in [3.8, 4) is 0 Å². The van der Waals surface area contributed by atoms with Gasteiger partial charge in [-0.25, -0.2) is 0 Å². The Kier molecular flexibility index (Phi) is 4.64. The molecule has 1 aromatic carbocycles. The summed E-state index contributed by atoms with van der Waals surface area (Å²) in [6.07, 6.45) is 5.91. The van der Waals surface area contributed by atoms with Gasteiger partial charge in [-0.05, 0) is 49.9 Å². The highest BCUT2D eigenvalue weighted by Gasteiger charge is 2.27. The molecular formula is C21H25N3O2. The molecule has 26 heavy (non-hydrogen) atoms. The van der Waals surface area contributed by atoms with Crippen molar-refractivity contribution in [2.24, 2.45) is 0 Å². The first-order valence-electron chi connectivity index (χ1n) is 9.42. The molecule has 2 aliphatic rings. The van der Waals surface area contributed by atoms with Gasteiger partial charge in [0.1, 0.15) is 5.69 Å². The molecule has 0 saturated carbocycles. The van der Waals surface area contributed by atoms with Gasteiger partial charge in [-0.3, -0.25) is 14.5 Å². The van der Waals surface area contributed by atoms with Crippen molar-refractivity contribution in [1.82, 2.24) is 14.8 Å². The summed E-state index contributed by atoms with van der Waals surface area (Å²) >= 11 is 0. The van der Waals surface area contributed by atoms with E-state index in [0.717, 1.165) is 38.8 Å². The maximum atomic E-state index is 12.7. The van der Waals surface area contributed by atoms with Crippen LogP contribution in [0.25, 0.3) is 0 Å². The number of likely N-dealkylation sites (tertiary alicyclic amines) is 1. The van der Waals surface area contributed by atoms with Gasteiger partial charge < -0.3 is 9.88 Å². The fraction of sp³-hybridized carbons (Fsp3) is 0.429. The molecule has 2 heterocycles. The summed E-state index contributed by atoms with van der Waals surface area (Å²) in [5, 5.41) is 0. The van der Waals surface area contributed by atoms with Crippen molar-refractivity contribution in [2.45, 2.75) is 31.7 Å². The first-order chi connectivity index (χ1) is 12.6. The molecule has 2 aromatic rings. The third kappa shape index (κ3) is 3.19. The van der Waals surface area contributed by atoms with Crippen LogP contribution in [0, 0.1) is 0 Å². The van der Waals surface area contributed by atoms with Crippen LogP contribution in [0.5, 0.6) is 0 Å². The van der Waals surface area contributed by atoms with E-state index in [9.17, 15) is 9.59 Å². The maximum absolute atomic E-state index is 12.7. The van der Waals surface area contributed by atoms with Gasteiger partial charge in [-0.1, -0.05) is 24.3 Å². The van der Waals surface area contributed by atoms with Gasteiger partial charge in [-0.15, -0.1) is 0 Å². The van der Waals surface area contributed by atoms with Crippen LogP contribution in [0.2, 0.25) is 0 Å². The zero-order chi connectivity index (χ0) is 18.1. The van der Waals surface area contributed by atoms with Crippen LogP contribution < -0.4 is 0 Å². The lowest BCUT2D eigenvalue weighted by molar-refractivity contribution is 0.0787. The molecule has 1 aromatic heterocycles. The summed E-state index contributed by atoms with van der Waals surface area (Å²) in [6, 6.07) is 10.5. The highest BCUT2D eigenvalue weighted by molar-refractivity contribution is 6.01. The molecule has 1 aliphatic carbocycles.